The van der Waals surface area contributed by atoms with Crippen LogP contribution in [0.4, 0.5) is 0 Å². The molecule has 0 saturated heterocycles. The molecule has 4 aliphatic rings. The van der Waals surface area contributed by atoms with Crippen LogP contribution in [-0.4, -0.2) is 35.5 Å². The number of hydrogen-bond acceptors (Lipinski definition) is 3. The lowest BCUT2D eigenvalue weighted by atomic mass is 9.44. The van der Waals surface area contributed by atoms with Gasteiger partial charge in [-0.05, 0) is 93.0 Å². The van der Waals surface area contributed by atoms with Crippen LogP contribution in [0.15, 0.2) is 0 Å². The second kappa shape index (κ2) is 7.29. The van der Waals surface area contributed by atoms with Gasteiger partial charge in [0, 0.05) is 0 Å². The first-order valence-corrected chi connectivity index (χ1v) is 11.9. The molecule has 0 aromatic carbocycles. The molecule has 1 spiro atoms. The van der Waals surface area contributed by atoms with Crippen molar-refractivity contribution >= 4 is 0 Å². The molecule has 3 N–H and O–H groups in total. The SMILES string of the molecule is CCCCCC1CC(CNC)C2(C1)CC1C2C(O)CC2(C)CCCC1(O)C2. The van der Waals surface area contributed by atoms with Crippen molar-refractivity contribution in [2.45, 2.75) is 103 Å². The van der Waals surface area contributed by atoms with E-state index < -0.39 is 5.60 Å². The van der Waals surface area contributed by atoms with Crippen molar-refractivity contribution in [3.05, 3.63) is 0 Å². The number of aliphatic hydroxyl groups excluding tert-OH is 1. The van der Waals surface area contributed by atoms with Crippen molar-refractivity contribution in [2.24, 2.45) is 34.5 Å². The van der Waals surface area contributed by atoms with Gasteiger partial charge in [-0.3, -0.25) is 0 Å². The summed E-state index contributed by atoms with van der Waals surface area (Å²) >= 11 is 0. The number of unbranched alkanes of at least 4 members (excludes halogenated alkanes) is 2. The number of fused-ring (bicyclic) bond motifs is 5. The Balaban J connectivity index is 1.58. The topological polar surface area (TPSA) is 52.5 Å². The van der Waals surface area contributed by atoms with Crippen molar-refractivity contribution in [3.63, 3.8) is 0 Å². The molecule has 0 aliphatic heterocycles. The van der Waals surface area contributed by atoms with Gasteiger partial charge in [0.1, 0.15) is 0 Å². The highest BCUT2D eigenvalue weighted by atomic mass is 16.3. The summed E-state index contributed by atoms with van der Waals surface area (Å²) < 4.78 is 0. The third kappa shape index (κ3) is 3.30. The van der Waals surface area contributed by atoms with E-state index in [-0.39, 0.29) is 16.9 Å². The molecular formula is C24H43NO2. The van der Waals surface area contributed by atoms with Gasteiger partial charge in [0.2, 0.25) is 0 Å². The summed E-state index contributed by atoms with van der Waals surface area (Å²) in [4.78, 5) is 0. The van der Waals surface area contributed by atoms with E-state index in [0.29, 0.717) is 17.8 Å². The Labute approximate surface area is 166 Å². The average Bonchev–Trinajstić information content (AvgIpc) is 2.90. The van der Waals surface area contributed by atoms with E-state index in [2.05, 4.69) is 26.2 Å². The molecule has 8 atom stereocenters. The Hall–Kier alpha value is -0.120. The number of nitrogens with one attached hydrogen (secondary N) is 1. The fourth-order valence-corrected chi connectivity index (χ4v) is 8.47. The zero-order valence-corrected chi connectivity index (χ0v) is 18.0. The highest BCUT2D eigenvalue weighted by Gasteiger charge is 2.69. The minimum absolute atomic E-state index is 0.141. The van der Waals surface area contributed by atoms with Crippen molar-refractivity contribution in [1.82, 2.24) is 5.32 Å². The summed E-state index contributed by atoms with van der Waals surface area (Å²) in [6.07, 6.45) is 14.1. The molecule has 2 bridgehead atoms. The molecule has 0 aromatic heterocycles. The molecule has 0 amide bonds. The van der Waals surface area contributed by atoms with Crippen molar-refractivity contribution in [2.75, 3.05) is 13.6 Å². The first-order chi connectivity index (χ1) is 12.9. The van der Waals surface area contributed by atoms with Crippen LogP contribution in [0.1, 0.15) is 90.9 Å². The molecule has 4 aliphatic carbocycles. The molecule has 0 aromatic rings. The second-order valence-corrected chi connectivity index (χ2v) is 11.3. The highest BCUT2D eigenvalue weighted by Crippen LogP contribution is 2.71. The fourth-order valence-electron chi connectivity index (χ4n) is 8.47. The number of aliphatic hydroxyl groups is 2. The van der Waals surface area contributed by atoms with Crippen LogP contribution in [0, 0.1) is 34.5 Å². The van der Waals surface area contributed by atoms with Crippen LogP contribution in [0.5, 0.6) is 0 Å². The van der Waals surface area contributed by atoms with Gasteiger partial charge in [0.15, 0.2) is 0 Å². The lowest BCUT2D eigenvalue weighted by Gasteiger charge is -2.62. The van der Waals surface area contributed by atoms with Crippen molar-refractivity contribution < 1.29 is 10.2 Å². The molecule has 0 radical (unpaired) electrons. The maximum absolute atomic E-state index is 11.6. The highest BCUT2D eigenvalue weighted by molar-refractivity contribution is 5.18. The number of rotatable bonds is 6. The minimum Gasteiger partial charge on any atom is -0.393 e. The molecule has 0 heterocycles. The Morgan fingerprint density at radius 3 is 2.67 bits per heavy atom. The van der Waals surface area contributed by atoms with Crippen LogP contribution in [0.25, 0.3) is 0 Å². The van der Waals surface area contributed by atoms with Gasteiger partial charge in [-0.2, -0.15) is 0 Å². The molecule has 27 heavy (non-hydrogen) atoms. The van der Waals surface area contributed by atoms with E-state index in [0.717, 1.165) is 44.6 Å². The maximum Gasteiger partial charge on any atom is 0.0685 e. The normalized spacial score (nSPS) is 51.7. The molecule has 156 valence electrons. The fraction of sp³-hybridized carbons (Fsp3) is 1.00. The Morgan fingerprint density at radius 1 is 1.11 bits per heavy atom. The second-order valence-electron chi connectivity index (χ2n) is 11.3. The molecular weight excluding hydrogens is 334 g/mol. The molecule has 8 unspecified atom stereocenters. The summed E-state index contributed by atoms with van der Waals surface area (Å²) in [6, 6.07) is 0. The third-order valence-corrected chi connectivity index (χ3v) is 9.39. The van der Waals surface area contributed by atoms with Gasteiger partial charge in [-0.1, -0.05) is 46.0 Å². The maximum atomic E-state index is 11.6. The van der Waals surface area contributed by atoms with E-state index in [4.69, 9.17) is 0 Å². The minimum atomic E-state index is -0.509. The zero-order chi connectivity index (χ0) is 19.3. The average molecular weight is 378 g/mol. The standard InChI is InChI=1S/C24H43NO2/c1-4-5-6-8-17-11-18(15-25-3)23(12-17)13-19-21(23)20(26)14-22(2)9-7-10-24(19,27)16-22/h17-21,25-27H,4-16H2,1-3H3. The largest absolute Gasteiger partial charge is 0.393 e. The van der Waals surface area contributed by atoms with Crippen LogP contribution in [0.3, 0.4) is 0 Å². The summed E-state index contributed by atoms with van der Waals surface area (Å²) in [7, 11) is 2.08. The third-order valence-electron chi connectivity index (χ3n) is 9.39. The van der Waals surface area contributed by atoms with Gasteiger partial charge in [0.25, 0.3) is 0 Å². The summed E-state index contributed by atoms with van der Waals surface area (Å²) in [5.41, 5.74) is -0.0823. The van der Waals surface area contributed by atoms with E-state index >= 15 is 0 Å². The Bertz CT molecular complexity index is 538. The quantitative estimate of drug-likeness (QED) is 0.597. The van der Waals surface area contributed by atoms with Crippen LogP contribution < -0.4 is 5.32 Å². The van der Waals surface area contributed by atoms with Gasteiger partial charge in [-0.15, -0.1) is 0 Å². The molecule has 3 heteroatoms. The zero-order valence-electron chi connectivity index (χ0n) is 18.0. The first kappa shape index (κ1) is 20.2. The lowest BCUT2D eigenvalue weighted by molar-refractivity contribution is -0.205. The van der Waals surface area contributed by atoms with E-state index in [1.807, 2.05) is 0 Å². The van der Waals surface area contributed by atoms with Crippen molar-refractivity contribution in [1.29, 1.82) is 0 Å². The van der Waals surface area contributed by atoms with Crippen LogP contribution in [0.2, 0.25) is 0 Å². The van der Waals surface area contributed by atoms with E-state index in [1.54, 1.807) is 0 Å². The van der Waals surface area contributed by atoms with E-state index in [9.17, 15) is 10.2 Å². The van der Waals surface area contributed by atoms with E-state index in [1.165, 1.54) is 44.9 Å². The predicted octanol–water partition coefficient (Wildman–Crippen LogP) is 4.51. The summed E-state index contributed by atoms with van der Waals surface area (Å²) in [5.74, 6) is 2.18. The Morgan fingerprint density at radius 2 is 1.93 bits per heavy atom. The van der Waals surface area contributed by atoms with Gasteiger partial charge in [0.05, 0.1) is 11.7 Å². The lowest BCUT2D eigenvalue weighted by Crippen LogP contribution is -2.62. The smallest absolute Gasteiger partial charge is 0.0685 e. The summed E-state index contributed by atoms with van der Waals surface area (Å²) in [6.45, 7) is 5.69. The monoisotopic (exact) mass is 377 g/mol. The molecule has 4 fully saturated rings. The van der Waals surface area contributed by atoms with Gasteiger partial charge < -0.3 is 15.5 Å². The predicted molar refractivity (Wildman–Crippen MR) is 110 cm³/mol. The summed E-state index contributed by atoms with van der Waals surface area (Å²) in [5, 5.41) is 26.5. The van der Waals surface area contributed by atoms with Crippen LogP contribution >= 0.6 is 0 Å². The van der Waals surface area contributed by atoms with Gasteiger partial charge in [-0.25, -0.2) is 0 Å². The Kier molecular flexibility index (Phi) is 5.44. The molecule has 4 saturated carbocycles. The van der Waals surface area contributed by atoms with Gasteiger partial charge >= 0.3 is 0 Å². The first-order valence-electron chi connectivity index (χ1n) is 11.9. The molecule has 4 rings (SSSR count). The molecule has 3 nitrogen and oxygen atoms in total. The van der Waals surface area contributed by atoms with Crippen LogP contribution in [-0.2, 0) is 0 Å². The number of hydrogen-bond donors (Lipinski definition) is 3. The van der Waals surface area contributed by atoms with Crippen molar-refractivity contribution in [3.8, 4) is 0 Å².